The van der Waals surface area contributed by atoms with Gasteiger partial charge in [-0.2, -0.15) is 5.26 Å². The van der Waals surface area contributed by atoms with Gasteiger partial charge in [0, 0.05) is 19.1 Å². The lowest BCUT2D eigenvalue weighted by Gasteiger charge is -2.32. The normalized spacial score (nSPS) is 19.0. The maximum Gasteiger partial charge on any atom is 0.0992 e. The zero-order valence-electron chi connectivity index (χ0n) is 8.53. The van der Waals surface area contributed by atoms with Crippen molar-refractivity contribution in [3.8, 4) is 6.07 Å². The molecule has 3 heteroatoms. The van der Waals surface area contributed by atoms with Crippen LogP contribution < -0.4 is 10.2 Å². The van der Waals surface area contributed by atoms with Gasteiger partial charge < -0.3 is 10.2 Å². The van der Waals surface area contributed by atoms with E-state index in [2.05, 4.69) is 16.3 Å². The molecular formula is C12H13N3. The molecule has 0 spiro atoms. The van der Waals surface area contributed by atoms with Crippen LogP contribution in [0.1, 0.15) is 18.4 Å². The fourth-order valence-corrected chi connectivity index (χ4v) is 2.19. The molecular weight excluding hydrogens is 186 g/mol. The molecule has 1 heterocycles. The molecule has 1 fully saturated rings. The minimum absolute atomic E-state index is 0.722. The number of hydrogen-bond donors (Lipinski definition) is 1. The van der Waals surface area contributed by atoms with Crippen molar-refractivity contribution in [2.45, 2.75) is 18.9 Å². The number of fused-ring (bicyclic) bond motifs is 1. The first kappa shape index (κ1) is 8.60. The standard InChI is InChI=1S/C12H13N3/c13-8-9-1-4-11-12(7-9)15(6-5-14-11)10-2-3-10/h1,4,7,10,14H,2-3,5-6H2. The molecule has 0 aromatic heterocycles. The first-order valence-corrected chi connectivity index (χ1v) is 5.43. The molecule has 0 bridgehead atoms. The number of benzene rings is 1. The van der Waals surface area contributed by atoms with E-state index < -0.39 is 0 Å². The van der Waals surface area contributed by atoms with Gasteiger partial charge in [0.05, 0.1) is 23.0 Å². The lowest BCUT2D eigenvalue weighted by atomic mass is 10.1. The molecule has 0 unspecified atom stereocenters. The molecule has 3 nitrogen and oxygen atoms in total. The molecule has 0 saturated heterocycles. The van der Waals surface area contributed by atoms with E-state index in [1.54, 1.807) is 0 Å². The maximum absolute atomic E-state index is 8.89. The second kappa shape index (κ2) is 3.16. The van der Waals surface area contributed by atoms with E-state index in [1.165, 1.54) is 24.2 Å². The summed E-state index contributed by atoms with van der Waals surface area (Å²) in [7, 11) is 0. The summed E-state index contributed by atoms with van der Waals surface area (Å²) in [6, 6.07) is 8.82. The first-order chi connectivity index (χ1) is 7.38. The molecule has 0 amide bonds. The van der Waals surface area contributed by atoms with Gasteiger partial charge in [-0.05, 0) is 31.0 Å². The van der Waals surface area contributed by atoms with Gasteiger partial charge in [-0.15, -0.1) is 0 Å². The minimum atomic E-state index is 0.722. The zero-order chi connectivity index (χ0) is 10.3. The number of nitrogens with one attached hydrogen (secondary N) is 1. The van der Waals surface area contributed by atoms with Crippen LogP contribution in [-0.4, -0.2) is 19.1 Å². The number of nitriles is 1. The lowest BCUT2D eigenvalue weighted by molar-refractivity contribution is 0.782. The largest absolute Gasteiger partial charge is 0.382 e. The van der Waals surface area contributed by atoms with Crippen LogP contribution in [0, 0.1) is 11.3 Å². The average Bonchev–Trinajstić information content (AvgIpc) is 3.11. The monoisotopic (exact) mass is 199 g/mol. The summed E-state index contributed by atoms with van der Waals surface area (Å²) in [6.07, 6.45) is 2.60. The van der Waals surface area contributed by atoms with Crippen LogP contribution in [0.4, 0.5) is 11.4 Å². The van der Waals surface area contributed by atoms with E-state index in [1.807, 2.05) is 18.2 Å². The number of nitrogens with zero attached hydrogens (tertiary/aromatic N) is 2. The Labute approximate surface area is 89.3 Å². The summed E-state index contributed by atoms with van der Waals surface area (Å²) in [6.45, 7) is 2.07. The molecule has 1 aromatic rings. The van der Waals surface area contributed by atoms with Gasteiger partial charge in [0.15, 0.2) is 0 Å². The van der Waals surface area contributed by atoms with E-state index in [0.29, 0.717) is 0 Å². The van der Waals surface area contributed by atoms with Crippen LogP contribution in [0.25, 0.3) is 0 Å². The van der Waals surface area contributed by atoms with Crippen molar-refractivity contribution in [3.63, 3.8) is 0 Å². The molecule has 2 aliphatic rings. The minimum Gasteiger partial charge on any atom is -0.382 e. The van der Waals surface area contributed by atoms with Crippen LogP contribution in [0.3, 0.4) is 0 Å². The smallest absolute Gasteiger partial charge is 0.0992 e. The molecule has 1 aliphatic carbocycles. The molecule has 76 valence electrons. The second-order valence-corrected chi connectivity index (χ2v) is 4.20. The Morgan fingerprint density at radius 3 is 3.00 bits per heavy atom. The van der Waals surface area contributed by atoms with Crippen molar-refractivity contribution in [3.05, 3.63) is 23.8 Å². The highest BCUT2D eigenvalue weighted by molar-refractivity contribution is 5.74. The van der Waals surface area contributed by atoms with Gasteiger partial charge in [0.1, 0.15) is 0 Å². The summed E-state index contributed by atoms with van der Waals surface area (Å²) in [5.74, 6) is 0. The van der Waals surface area contributed by atoms with Crippen molar-refractivity contribution < 1.29 is 0 Å². The van der Waals surface area contributed by atoms with Crippen molar-refractivity contribution in [1.29, 1.82) is 5.26 Å². The third kappa shape index (κ3) is 1.42. The average molecular weight is 199 g/mol. The fraction of sp³-hybridized carbons (Fsp3) is 0.417. The highest BCUT2D eigenvalue weighted by Gasteiger charge is 2.31. The van der Waals surface area contributed by atoms with Crippen LogP contribution in [0.5, 0.6) is 0 Å². The third-order valence-electron chi connectivity index (χ3n) is 3.09. The van der Waals surface area contributed by atoms with Gasteiger partial charge in [-0.25, -0.2) is 0 Å². The Balaban J connectivity index is 2.04. The van der Waals surface area contributed by atoms with Gasteiger partial charge in [-0.1, -0.05) is 0 Å². The Hall–Kier alpha value is -1.69. The zero-order valence-corrected chi connectivity index (χ0v) is 8.53. The van der Waals surface area contributed by atoms with Crippen LogP contribution in [0.2, 0.25) is 0 Å². The summed E-state index contributed by atoms with van der Waals surface area (Å²) in [5, 5.41) is 12.3. The molecule has 1 saturated carbocycles. The summed E-state index contributed by atoms with van der Waals surface area (Å²) in [5.41, 5.74) is 3.14. The molecule has 0 atom stereocenters. The Kier molecular flexibility index (Phi) is 1.81. The van der Waals surface area contributed by atoms with Crippen LogP contribution in [-0.2, 0) is 0 Å². The summed E-state index contributed by atoms with van der Waals surface area (Å²) in [4.78, 5) is 2.44. The predicted molar refractivity (Wildman–Crippen MR) is 60.0 cm³/mol. The SMILES string of the molecule is N#Cc1ccc2c(c1)N(C1CC1)CCN2. The molecule has 1 N–H and O–H groups in total. The van der Waals surface area contributed by atoms with E-state index in [4.69, 9.17) is 5.26 Å². The van der Waals surface area contributed by atoms with E-state index in [-0.39, 0.29) is 0 Å². The molecule has 15 heavy (non-hydrogen) atoms. The highest BCUT2D eigenvalue weighted by atomic mass is 15.2. The van der Waals surface area contributed by atoms with Crippen molar-refractivity contribution >= 4 is 11.4 Å². The van der Waals surface area contributed by atoms with Crippen molar-refractivity contribution in [1.82, 2.24) is 0 Å². The van der Waals surface area contributed by atoms with Crippen molar-refractivity contribution in [2.75, 3.05) is 23.3 Å². The highest BCUT2D eigenvalue weighted by Crippen LogP contribution is 2.37. The van der Waals surface area contributed by atoms with Crippen molar-refractivity contribution in [2.24, 2.45) is 0 Å². The molecule has 0 radical (unpaired) electrons. The summed E-state index contributed by atoms with van der Waals surface area (Å²) >= 11 is 0. The van der Waals surface area contributed by atoms with Gasteiger partial charge in [-0.3, -0.25) is 0 Å². The van der Waals surface area contributed by atoms with Gasteiger partial charge >= 0.3 is 0 Å². The molecule has 3 rings (SSSR count). The van der Waals surface area contributed by atoms with Crippen LogP contribution >= 0.6 is 0 Å². The topological polar surface area (TPSA) is 39.1 Å². The molecule has 1 aromatic carbocycles. The third-order valence-corrected chi connectivity index (χ3v) is 3.09. The van der Waals surface area contributed by atoms with E-state index in [9.17, 15) is 0 Å². The summed E-state index contributed by atoms with van der Waals surface area (Å²) < 4.78 is 0. The molecule has 1 aliphatic heterocycles. The number of anilines is 2. The van der Waals surface area contributed by atoms with Gasteiger partial charge in [0.2, 0.25) is 0 Å². The Morgan fingerprint density at radius 1 is 1.40 bits per heavy atom. The maximum atomic E-state index is 8.89. The quantitative estimate of drug-likeness (QED) is 0.751. The number of rotatable bonds is 1. The van der Waals surface area contributed by atoms with E-state index >= 15 is 0 Å². The Morgan fingerprint density at radius 2 is 2.27 bits per heavy atom. The fourth-order valence-electron chi connectivity index (χ4n) is 2.19. The lowest BCUT2D eigenvalue weighted by Crippen LogP contribution is -2.35. The second-order valence-electron chi connectivity index (χ2n) is 4.20. The Bertz CT molecular complexity index is 429. The van der Waals surface area contributed by atoms with Crippen LogP contribution in [0.15, 0.2) is 18.2 Å². The number of hydrogen-bond acceptors (Lipinski definition) is 3. The van der Waals surface area contributed by atoms with E-state index in [0.717, 1.165) is 24.7 Å². The predicted octanol–water partition coefficient (Wildman–Crippen LogP) is 1.95. The van der Waals surface area contributed by atoms with Gasteiger partial charge in [0.25, 0.3) is 0 Å². The first-order valence-electron chi connectivity index (χ1n) is 5.43.